The van der Waals surface area contributed by atoms with Crippen LogP contribution < -0.4 is 5.32 Å². The number of ether oxygens (including phenoxy) is 2. The Morgan fingerprint density at radius 3 is 1.96 bits per heavy atom. The van der Waals surface area contributed by atoms with Crippen molar-refractivity contribution >= 4 is 33.6 Å². The van der Waals surface area contributed by atoms with Crippen LogP contribution in [0.4, 0.5) is 5.69 Å². The molecule has 1 atom stereocenters. The molecule has 1 N–H and O–H groups in total. The minimum atomic E-state index is -1.11. The van der Waals surface area contributed by atoms with Crippen molar-refractivity contribution < 1.29 is 19.1 Å². The van der Waals surface area contributed by atoms with Gasteiger partial charge in [0, 0.05) is 10.2 Å². The zero-order valence-electron chi connectivity index (χ0n) is 14.8. The zero-order valence-corrected chi connectivity index (χ0v) is 16.4. The second-order valence-electron chi connectivity index (χ2n) is 5.52. The molecule has 0 spiro atoms. The molecule has 0 bridgehead atoms. The molecule has 0 unspecified atom stereocenters. The number of carbonyl (C=O) groups excluding carboxylic acids is 2. The van der Waals surface area contributed by atoms with Gasteiger partial charge in [0.1, 0.15) is 0 Å². The van der Waals surface area contributed by atoms with Crippen LogP contribution in [0.3, 0.4) is 0 Å². The first-order chi connectivity index (χ1) is 12.6. The van der Waals surface area contributed by atoms with Gasteiger partial charge in [0.05, 0.1) is 19.3 Å². The van der Waals surface area contributed by atoms with Gasteiger partial charge >= 0.3 is 11.9 Å². The molecule has 0 aliphatic rings. The molecule has 26 heavy (non-hydrogen) atoms. The fourth-order valence-electron chi connectivity index (χ4n) is 2.58. The lowest BCUT2D eigenvalue weighted by molar-refractivity contribution is -0.162. The van der Waals surface area contributed by atoms with Crippen LogP contribution in [0.5, 0.6) is 0 Å². The fourth-order valence-corrected chi connectivity index (χ4v) is 2.84. The van der Waals surface area contributed by atoms with Crippen molar-refractivity contribution in [3.05, 3.63) is 64.6 Å². The number of esters is 2. The summed E-state index contributed by atoms with van der Waals surface area (Å²) < 4.78 is 11.2. The summed E-state index contributed by atoms with van der Waals surface area (Å²) >= 11 is 3.40. The smallest absolute Gasteiger partial charge is 0.322 e. The molecule has 2 aromatic carbocycles. The van der Waals surface area contributed by atoms with Gasteiger partial charge in [-0.3, -0.25) is 9.59 Å². The summed E-state index contributed by atoms with van der Waals surface area (Å²) in [6, 6.07) is 16.2. The quantitative estimate of drug-likeness (QED) is 0.508. The lowest BCUT2D eigenvalue weighted by atomic mass is 9.92. The van der Waals surface area contributed by atoms with Gasteiger partial charge in [0.15, 0.2) is 5.92 Å². The normalized spacial score (nSPS) is 11.7. The first kappa shape index (κ1) is 20.0. The maximum atomic E-state index is 12.5. The highest BCUT2D eigenvalue weighted by molar-refractivity contribution is 9.10. The molecule has 0 saturated heterocycles. The SMILES string of the molecule is CCOC(=O)C(C(=O)OCC)[C@H](Nc1ccc(Br)cc1)c1ccccc1. The predicted molar refractivity (Wildman–Crippen MR) is 104 cm³/mol. The Morgan fingerprint density at radius 2 is 1.46 bits per heavy atom. The third kappa shape index (κ3) is 5.33. The predicted octanol–water partition coefficient (Wildman–Crippen LogP) is 4.34. The largest absolute Gasteiger partial charge is 0.465 e. The Kier molecular flexibility index (Phi) is 7.66. The molecule has 138 valence electrons. The standard InChI is InChI=1S/C20H22BrNO4/c1-3-25-19(23)17(20(24)26-4-2)18(14-8-6-5-7-9-14)22-16-12-10-15(21)11-13-16/h5-13,17-18,22H,3-4H2,1-2H3/t18-/m1/s1. The molecule has 0 radical (unpaired) electrons. The maximum Gasteiger partial charge on any atom is 0.322 e. The minimum Gasteiger partial charge on any atom is -0.465 e. The van der Waals surface area contributed by atoms with Gasteiger partial charge in [-0.25, -0.2) is 0 Å². The van der Waals surface area contributed by atoms with E-state index in [-0.39, 0.29) is 13.2 Å². The lowest BCUT2D eigenvalue weighted by Gasteiger charge is -2.26. The van der Waals surface area contributed by atoms with Crippen molar-refractivity contribution in [3.63, 3.8) is 0 Å². The molecule has 0 aliphatic carbocycles. The Balaban J connectivity index is 2.42. The average molecular weight is 420 g/mol. The second-order valence-corrected chi connectivity index (χ2v) is 6.44. The van der Waals surface area contributed by atoms with Crippen LogP contribution in [0.1, 0.15) is 25.5 Å². The van der Waals surface area contributed by atoms with Crippen LogP contribution in [0.2, 0.25) is 0 Å². The molecular formula is C20H22BrNO4. The number of nitrogens with one attached hydrogen (secondary N) is 1. The molecule has 0 saturated carbocycles. The molecule has 5 nitrogen and oxygen atoms in total. The van der Waals surface area contributed by atoms with Crippen molar-refractivity contribution in [2.24, 2.45) is 5.92 Å². The average Bonchev–Trinajstić information content (AvgIpc) is 2.64. The third-order valence-electron chi connectivity index (χ3n) is 3.74. The molecule has 6 heteroatoms. The molecule has 0 amide bonds. The van der Waals surface area contributed by atoms with E-state index < -0.39 is 23.9 Å². The van der Waals surface area contributed by atoms with Crippen LogP contribution in [0, 0.1) is 5.92 Å². The topological polar surface area (TPSA) is 64.6 Å². The number of hydrogen-bond donors (Lipinski definition) is 1. The Labute approximate surface area is 161 Å². The summed E-state index contributed by atoms with van der Waals surface area (Å²) in [5.74, 6) is -2.32. The van der Waals surface area contributed by atoms with Gasteiger partial charge in [0.25, 0.3) is 0 Å². The summed E-state index contributed by atoms with van der Waals surface area (Å²) in [6.07, 6.45) is 0. The van der Waals surface area contributed by atoms with E-state index in [1.807, 2.05) is 54.6 Å². The number of anilines is 1. The third-order valence-corrected chi connectivity index (χ3v) is 4.27. The summed E-state index contributed by atoms with van der Waals surface area (Å²) in [7, 11) is 0. The maximum absolute atomic E-state index is 12.5. The first-order valence-corrected chi connectivity index (χ1v) is 9.26. The van der Waals surface area contributed by atoms with E-state index in [4.69, 9.17) is 9.47 Å². The molecule has 2 rings (SSSR count). The summed E-state index contributed by atoms with van der Waals surface area (Å²) in [4.78, 5) is 25.1. The minimum absolute atomic E-state index is 0.189. The number of benzene rings is 2. The lowest BCUT2D eigenvalue weighted by Crippen LogP contribution is -2.36. The van der Waals surface area contributed by atoms with E-state index in [1.54, 1.807) is 13.8 Å². The van der Waals surface area contributed by atoms with Gasteiger partial charge in [-0.15, -0.1) is 0 Å². The zero-order chi connectivity index (χ0) is 18.9. The number of hydrogen-bond acceptors (Lipinski definition) is 5. The van der Waals surface area contributed by atoms with Crippen molar-refractivity contribution in [2.75, 3.05) is 18.5 Å². The van der Waals surface area contributed by atoms with Gasteiger partial charge < -0.3 is 14.8 Å². The van der Waals surface area contributed by atoms with Crippen LogP contribution in [-0.2, 0) is 19.1 Å². The van der Waals surface area contributed by atoms with Crippen molar-refractivity contribution in [1.29, 1.82) is 0 Å². The van der Waals surface area contributed by atoms with E-state index in [0.717, 1.165) is 15.7 Å². The van der Waals surface area contributed by atoms with Crippen molar-refractivity contribution in [3.8, 4) is 0 Å². The molecule has 0 heterocycles. The van der Waals surface area contributed by atoms with Crippen molar-refractivity contribution in [2.45, 2.75) is 19.9 Å². The number of rotatable bonds is 8. The number of halogens is 1. The fraction of sp³-hybridized carbons (Fsp3) is 0.300. The van der Waals surface area contributed by atoms with E-state index in [1.165, 1.54) is 0 Å². The summed E-state index contributed by atoms with van der Waals surface area (Å²) in [5.41, 5.74) is 1.57. The Morgan fingerprint density at radius 1 is 0.923 bits per heavy atom. The van der Waals surface area contributed by atoms with Crippen LogP contribution in [0.15, 0.2) is 59.1 Å². The molecular weight excluding hydrogens is 398 g/mol. The van der Waals surface area contributed by atoms with E-state index in [2.05, 4.69) is 21.2 Å². The molecule has 0 aliphatic heterocycles. The van der Waals surface area contributed by atoms with Crippen molar-refractivity contribution in [1.82, 2.24) is 0 Å². The monoisotopic (exact) mass is 419 g/mol. The molecule has 0 aromatic heterocycles. The van der Waals surface area contributed by atoms with E-state index in [9.17, 15) is 9.59 Å². The van der Waals surface area contributed by atoms with Crippen LogP contribution in [0.25, 0.3) is 0 Å². The Bertz CT molecular complexity index is 700. The second kappa shape index (κ2) is 9.97. The first-order valence-electron chi connectivity index (χ1n) is 8.47. The molecule has 0 fully saturated rings. The van der Waals surface area contributed by atoms with Crippen LogP contribution >= 0.6 is 15.9 Å². The highest BCUT2D eigenvalue weighted by Crippen LogP contribution is 2.29. The highest BCUT2D eigenvalue weighted by Gasteiger charge is 2.38. The highest BCUT2D eigenvalue weighted by atomic mass is 79.9. The van der Waals surface area contributed by atoms with E-state index >= 15 is 0 Å². The van der Waals surface area contributed by atoms with Crippen LogP contribution in [-0.4, -0.2) is 25.2 Å². The molecule has 2 aromatic rings. The summed E-state index contributed by atoms with van der Waals surface area (Å²) in [6.45, 7) is 3.79. The van der Waals surface area contributed by atoms with Gasteiger partial charge in [-0.1, -0.05) is 46.3 Å². The van der Waals surface area contributed by atoms with Gasteiger partial charge in [-0.05, 0) is 43.7 Å². The number of carbonyl (C=O) groups is 2. The van der Waals surface area contributed by atoms with E-state index in [0.29, 0.717) is 0 Å². The van der Waals surface area contributed by atoms with Gasteiger partial charge in [-0.2, -0.15) is 0 Å². The Hall–Kier alpha value is -2.34. The summed E-state index contributed by atoms with van der Waals surface area (Å²) in [5, 5.41) is 3.28. The van der Waals surface area contributed by atoms with Gasteiger partial charge in [0.2, 0.25) is 0 Å².